The Morgan fingerprint density at radius 1 is 0.900 bits per heavy atom. The van der Waals surface area contributed by atoms with Crippen molar-refractivity contribution in [1.29, 1.82) is 0 Å². The van der Waals surface area contributed by atoms with Crippen molar-refractivity contribution >= 4 is 11.8 Å². The maximum Gasteiger partial charge on any atom is 0.253 e. The minimum absolute atomic E-state index is 0.0374. The standard InChI is InChI=1S/C24H26N4O2/c1-19-7-10-21(11-8-19)24(30)27-15-13-26(14-16-27)23(29)12-9-20-17-25-28(18-20)22-5-3-2-4-6-22/h2-8,10-11,17-18H,9,12-16H2,1H3. The van der Waals surface area contributed by atoms with E-state index in [1.165, 1.54) is 0 Å². The molecule has 2 heterocycles. The predicted octanol–water partition coefficient (Wildman–Crippen LogP) is 3.10. The number of hydrogen-bond donors (Lipinski definition) is 0. The van der Waals surface area contributed by atoms with Crippen molar-refractivity contribution in [3.63, 3.8) is 0 Å². The van der Waals surface area contributed by atoms with Crippen LogP contribution in [0.1, 0.15) is 27.9 Å². The molecule has 0 N–H and O–H groups in total. The molecule has 4 rings (SSSR count). The first-order valence-corrected chi connectivity index (χ1v) is 10.3. The highest BCUT2D eigenvalue weighted by atomic mass is 16.2. The summed E-state index contributed by atoms with van der Waals surface area (Å²) in [6.45, 7) is 4.32. The van der Waals surface area contributed by atoms with Gasteiger partial charge in [0, 0.05) is 44.4 Å². The lowest BCUT2D eigenvalue weighted by atomic mass is 10.1. The van der Waals surface area contributed by atoms with E-state index in [9.17, 15) is 9.59 Å². The molecule has 0 radical (unpaired) electrons. The summed E-state index contributed by atoms with van der Waals surface area (Å²) >= 11 is 0. The van der Waals surface area contributed by atoms with Crippen LogP contribution in [0.4, 0.5) is 0 Å². The minimum Gasteiger partial charge on any atom is -0.339 e. The third kappa shape index (κ3) is 4.59. The molecule has 0 saturated carbocycles. The van der Waals surface area contributed by atoms with E-state index in [0.717, 1.165) is 16.8 Å². The van der Waals surface area contributed by atoms with Crippen LogP contribution >= 0.6 is 0 Å². The Kier molecular flexibility index (Phi) is 5.93. The van der Waals surface area contributed by atoms with Gasteiger partial charge >= 0.3 is 0 Å². The van der Waals surface area contributed by atoms with Crippen molar-refractivity contribution < 1.29 is 9.59 Å². The van der Waals surface area contributed by atoms with E-state index in [0.29, 0.717) is 44.6 Å². The Bertz CT molecular complexity index is 1000. The summed E-state index contributed by atoms with van der Waals surface area (Å²) in [5.41, 5.74) is 3.89. The van der Waals surface area contributed by atoms with Gasteiger partial charge < -0.3 is 9.80 Å². The number of benzene rings is 2. The molecule has 1 aliphatic heterocycles. The molecule has 1 aliphatic rings. The van der Waals surface area contributed by atoms with Gasteiger partial charge in [0.25, 0.3) is 5.91 Å². The number of para-hydroxylation sites is 1. The Morgan fingerprint density at radius 2 is 1.57 bits per heavy atom. The van der Waals surface area contributed by atoms with Gasteiger partial charge in [-0.2, -0.15) is 5.10 Å². The van der Waals surface area contributed by atoms with Crippen LogP contribution in [0.2, 0.25) is 0 Å². The normalized spacial score (nSPS) is 14.0. The highest BCUT2D eigenvalue weighted by molar-refractivity contribution is 5.94. The molecule has 0 bridgehead atoms. The molecule has 2 aromatic carbocycles. The molecule has 30 heavy (non-hydrogen) atoms. The van der Waals surface area contributed by atoms with Crippen LogP contribution in [-0.4, -0.2) is 57.6 Å². The summed E-state index contributed by atoms with van der Waals surface area (Å²) in [7, 11) is 0. The first-order valence-electron chi connectivity index (χ1n) is 10.3. The Balaban J connectivity index is 1.26. The average Bonchev–Trinajstić information content (AvgIpc) is 3.27. The number of nitrogens with zero attached hydrogens (tertiary/aromatic N) is 4. The van der Waals surface area contributed by atoms with Gasteiger partial charge in [0.15, 0.2) is 0 Å². The Hall–Kier alpha value is -3.41. The third-order valence-corrected chi connectivity index (χ3v) is 5.50. The van der Waals surface area contributed by atoms with Crippen molar-refractivity contribution in [1.82, 2.24) is 19.6 Å². The fourth-order valence-corrected chi connectivity index (χ4v) is 3.66. The molecule has 1 aromatic heterocycles. The molecular weight excluding hydrogens is 376 g/mol. The van der Waals surface area contributed by atoms with Gasteiger partial charge in [0.1, 0.15) is 0 Å². The number of piperazine rings is 1. The van der Waals surface area contributed by atoms with Crippen molar-refractivity contribution in [2.75, 3.05) is 26.2 Å². The molecule has 1 saturated heterocycles. The van der Waals surface area contributed by atoms with E-state index in [1.54, 1.807) is 0 Å². The van der Waals surface area contributed by atoms with Crippen LogP contribution in [0.5, 0.6) is 0 Å². The fourth-order valence-electron chi connectivity index (χ4n) is 3.66. The minimum atomic E-state index is 0.0374. The second-order valence-corrected chi connectivity index (χ2v) is 7.67. The SMILES string of the molecule is Cc1ccc(C(=O)N2CCN(C(=O)CCc3cnn(-c4ccccc4)c3)CC2)cc1. The second-order valence-electron chi connectivity index (χ2n) is 7.67. The van der Waals surface area contributed by atoms with Crippen LogP contribution in [0.15, 0.2) is 67.0 Å². The number of amides is 2. The molecule has 6 nitrogen and oxygen atoms in total. The van der Waals surface area contributed by atoms with Crippen molar-refractivity contribution in [3.8, 4) is 5.69 Å². The fraction of sp³-hybridized carbons (Fsp3) is 0.292. The quantitative estimate of drug-likeness (QED) is 0.659. The predicted molar refractivity (Wildman–Crippen MR) is 116 cm³/mol. The molecule has 1 fully saturated rings. The van der Waals surface area contributed by atoms with Crippen LogP contribution in [-0.2, 0) is 11.2 Å². The van der Waals surface area contributed by atoms with E-state index >= 15 is 0 Å². The summed E-state index contributed by atoms with van der Waals surface area (Å²) in [6, 6.07) is 17.6. The van der Waals surface area contributed by atoms with Crippen molar-refractivity contribution in [2.45, 2.75) is 19.8 Å². The average molecular weight is 402 g/mol. The van der Waals surface area contributed by atoms with Crippen molar-refractivity contribution in [3.05, 3.63) is 83.7 Å². The second kappa shape index (κ2) is 8.95. The summed E-state index contributed by atoms with van der Waals surface area (Å²) in [5, 5.41) is 4.39. The maximum absolute atomic E-state index is 12.6. The Labute approximate surface area is 176 Å². The van der Waals surface area contributed by atoms with E-state index in [2.05, 4.69) is 5.10 Å². The van der Waals surface area contributed by atoms with Gasteiger partial charge in [-0.15, -0.1) is 0 Å². The lowest BCUT2D eigenvalue weighted by molar-refractivity contribution is -0.132. The molecule has 0 aliphatic carbocycles. The first kappa shape index (κ1) is 19.9. The number of aryl methyl sites for hydroxylation is 2. The van der Waals surface area contributed by atoms with E-state index < -0.39 is 0 Å². The summed E-state index contributed by atoms with van der Waals surface area (Å²) in [6.07, 6.45) is 4.90. The number of hydrogen-bond acceptors (Lipinski definition) is 3. The molecule has 0 spiro atoms. The summed E-state index contributed by atoms with van der Waals surface area (Å²) < 4.78 is 1.83. The molecule has 154 valence electrons. The van der Waals surface area contributed by atoms with Gasteiger partial charge in [0.05, 0.1) is 11.9 Å². The van der Waals surface area contributed by atoms with Gasteiger partial charge in [-0.25, -0.2) is 4.68 Å². The largest absolute Gasteiger partial charge is 0.339 e. The lowest BCUT2D eigenvalue weighted by Crippen LogP contribution is -2.50. The monoisotopic (exact) mass is 402 g/mol. The van der Waals surface area contributed by atoms with Crippen LogP contribution in [0.3, 0.4) is 0 Å². The molecule has 3 aromatic rings. The summed E-state index contributed by atoms with van der Waals surface area (Å²) in [5.74, 6) is 0.167. The van der Waals surface area contributed by atoms with Crippen LogP contribution in [0.25, 0.3) is 5.69 Å². The lowest BCUT2D eigenvalue weighted by Gasteiger charge is -2.35. The van der Waals surface area contributed by atoms with E-state index in [4.69, 9.17) is 0 Å². The summed E-state index contributed by atoms with van der Waals surface area (Å²) in [4.78, 5) is 29.0. The van der Waals surface area contributed by atoms with Crippen LogP contribution < -0.4 is 0 Å². The highest BCUT2D eigenvalue weighted by Gasteiger charge is 2.24. The maximum atomic E-state index is 12.6. The molecule has 6 heteroatoms. The van der Waals surface area contributed by atoms with Gasteiger partial charge in [0.2, 0.25) is 5.91 Å². The van der Waals surface area contributed by atoms with Gasteiger partial charge in [-0.05, 0) is 43.2 Å². The highest BCUT2D eigenvalue weighted by Crippen LogP contribution is 2.13. The van der Waals surface area contributed by atoms with Gasteiger partial charge in [-0.3, -0.25) is 9.59 Å². The van der Waals surface area contributed by atoms with E-state index in [1.807, 2.05) is 88.4 Å². The van der Waals surface area contributed by atoms with Crippen molar-refractivity contribution in [2.24, 2.45) is 0 Å². The third-order valence-electron chi connectivity index (χ3n) is 5.50. The smallest absolute Gasteiger partial charge is 0.253 e. The number of carbonyl (C=O) groups is 2. The molecular formula is C24H26N4O2. The molecule has 2 amide bonds. The topological polar surface area (TPSA) is 58.4 Å². The molecule has 0 atom stereocenters. The zero-order valence-corrected chi connectivity index (χ0v) is 17.2. The zero-order valence-electron chi connectivity index (χ0n) is 17.2. The molecule has 0 unspecified atom stereocenters. The zero-order chi connectivity index (χ0) is 20.9. The van der Waals surface area contributed by atoms with E-state index in [-0.39, 0.29) is 11.8 Å². The number of carbonyl (C=O) groups excluding carboxylic acids is 2. The first-order chi connectivity index (χ1) is 14.6. The van der Waals surface area contributed by atoms with Crippen LogP contribution in [0, 0.1) is 6.92 Å². The van der Waals surface area contributed by atoms with Gasteiger partial charge in [-0.1, -0.05) is 35.9 Å². The Morgan fingerprint density at radius 3 is 2.27 bits per heavy atom. The number of rotatable bonds is 5. The number of aromatic nitrogens is 2.